The molecule has 2 aromatic carbocycles. The highest BCUT2D eigenvalue weighted by Crippen LogP contribution is 2.27. The average molecular weight is 256 g/mol. The Balaban J connectivity index is 2.52. The summed E-state index contributed by atoms with van der Waals surface area (Å²) in [7, 11) is 0. The van der Waals surface area contributed by atoms with Crippen molar-refractivity contribution in [2.24, 2.45) is 0 Å². The Hall–Kier alpha value is -2.75. The highest BCUT2D eigenvalue weighted by molar-refractivity contribution is 6.20. The molecule has 0 aliphatic carbocycles. The van der Waals surface area contributed by atoms with Gasteiger partial charge in [-0.2, -0.15) is 0 Å². The molecule has 2 aromatic rings. The number of phenols is 2. The normalized spacial score (nSPS) is 11.3. The molecule has 0 bridgehead atoms. The van der Waals surface area contributed by atoms with Gasteiger partial charge in [0, 0.05) is 6.07 Å². The van der Waals surface area contributed by atoms with Crippen LogP contribution in [0, 0.1) is 0 Å². The van der Waals surface area contributed by atoms with E-state index in [2.05, 4.69) is 0 Å². The van der Waals surface area contributed by atoms with Crippen LogP contribution in [0.2, 0.25) is 0 Å². The zero-order valence-electron chi connectivity index (χ0n) is 9.95. The molecule has 0 atom stereocenters. The van der Waals surface area contributed by atoms with Crippen LogP contribution in [0.5, 0.6) is 11.5 Å². The lowest BCUT2D eigenvalue weighted by Crippen LogP contribution is -1.99. The molecule has 0 fully saturated rings. The summed E-state index contributed by atoms with van der Waals surface area (Å²) in [5, 5.41) is 28.1. The second kappa shape index (κ2) is 5.27. The highest BCUT2D eigenvalue weighted by Gasteiger charge is 2.12. The van der Waals surface area contributed by atoms with Crippen LogP contribution in [0.3, 0.4) is 0 Å². The van der Waals surface area contributed by atoms with Crippen molar-refractivity contribution in [1.82, 2.24) is 0 Å². The minimum Gasteiger partial charge on any atom is -0.508 e. The zero-order valence-corrected chi connectivity index (χ0v) is 9.95. The molecule has 0 unspecified atom stereocenters. The third kappa shape index (κ3) is 3.13. The molecular formula is C15H12O4. The number of benzene rings is 2. The molecule has 0 saturated heterocycles. The van der Waals surface area contributed by atoms with Crippen molar-refractivity contribution in [1.29, 1.82) is 0 Å². The fraction of sp³-hybridized carbons (Fsp3) is 0. The summed E-state index contributed by atoms with van der Waals surface area (Å²) in [6.45, 7) is 0. The molecule has 0 aromatic heterocycles. The number of rotatable bonds is 3. The lowest BCUT2D eigenvalue weighted by molar-refractivity contribution is -0.130. The molecular weight excluding hydrogens is 244 g/mol. The quantitative estimate of drug-likeness (QED) is 0.583. The van der Waals surface area contributed by atoms with Crippen LogP contribution >= 0.6 is 0 Å². The Morgan fingerprint density at radius 3 is 2.05 bits per heavy atom. The van der Waals surface area contributed by atoms with Crippen molar-refractivity contribution >= 4 is 17.6 Å². The van der Waals surface area contributed by atoms with E-state index in [0.29, 0.717) is 0 Å². The topological polar surface area (TPSA) is 77.8 Å². The van der Waals surface area contributed by atoms with E-state index in [-0.39, 0.29) is 22.6 Å². The van der Waals surface area contributed by atoms with Crippen LogP contribution in [-0.2, 0) is 4.79 Å². The molecule has 19 heavy (non-hydrogen) atoms. The number of carboxylic acid groups (broad SMARTS) is 1. The van der Waals surface area contributed by atoms with Crippen LogP contribution in [0.4, 0.5) is 0 Å². The van der Waals surface area contributed by atoms with Gasteiger partial charge in [0.25, 0.3) is 0 Å². The predicted octanol–water partition coefficient (Wildman–Crippen LogP) is 2.72. The molecule has 0 spiro atoms. The van der Waals surface area contributed by atoms with Gasteiger partial charge in [0.15, 0.2) is 0 Å². The molecule has 0 aliphatic heterocycles. The summed E-state index contributed by atoms with van der Waals surface area (Å²) in [5.74, 6) is -1.50. The Bertz CT molecular complexity index is 610. The number of carboxylic acids is 1. The third-order valence-corrected chi connectivity index (χ3v) is 2.55. The van der Waals surface area contributed by atoms with Gasteiger partial charge in [0.05, 0.1) is 5.57 Å². The largest absolute Gasteiger partial charge is 0.508 e. The monoisotopic (exact) mass is 256 g/mol. The molecule has 2 rings (SSSR count). The zero-order chi connectivity index (χ0) is 13.8. The second-order valence-electron chi connectivity index (χ2n) is 4.01. The van der Waals surface area contributed by atoms with E-state index in [1.165, 1.54) is 18.2 Å². The van der Waals surface area contributed by atoms with Crippen LogP contribution in [0.1, 0.15) is 11.1 Å². The molecule has 0 radical (unpaired) electrons. The first kappa shape index (κ1) is 12.7. The van der Waals surface area contributed by atoms with E-state index in [1.807, 2.05) is 6.07 Å². The second-order valence-corrected chi connectivity index (χ2v) is 4.01. The van der Waals surface area contributed by atoms with Crippen molar-refractivity contribution in [3.63, 3.8) is 0 Å². The molecule has 0 saturated carbocycles. The lowest BCUT2D eigenvalue weighted by Gasteiger charge is -2.05. The van der Waals surface area contributed by atoms with Gasteiger partial charge in [-0.1, -0.05) is 30.3 Å². The van der Waals surface area contributed by atoms with E-state index in [9.17, 15) is 20.1 Å². The predicted molar refractivity (Wildman–Crippen MR) is 71.7 cm³/mol. The Morgan fingerprint density at radius 1 is 0.947 bits per heavy atom. The molecule has 3 N–H and O–H groups in total. The molecule has 96 valence electrons. The summed E-state index contributed by atoms with van der Waals surface area (Å²) < 4.78 is 0. The summed E-state index contributed by atoms with van der Waals surface area (Å²) in [4.78, 5) is 11.3. The number of hydrogen-bond acceptors (Lipinski definition) is 3. The number of phenolic OH excluding ortho intramolecular Hbond substituents is 2. The first-order valence-corrected chi connectivity index (χ1v) is 5.60. The maximum Gasteiger partial charge on any atom is 0.336 e. The molecule has 0 aliphatic rings. The number of carbonyl (C=O) groups is 1. The van der Waals surface area contributed by atoms with Gasteiger partial charge in [0.2, 0.25) is 0 Å². The van der Waals surface area contributed by atoms with Crippen molar-refractivity contribution in [3.8, 4) is 11.5 Å². The van der Waals surface area contributed by atoms with E-state index in [1.54, 1.807) is 24.3 Å². The van der Waals surface area contributed by atoms with Crippen molar-refractivity contribution in [3.05, 3.63) is 59.7 Å². The smallest absolute Gasteiger partial charge is 0.336 e. The summed E-state index contributed by atoms with van der Waals surface area (Å²) in [6.07, 6.45) is 1.48. The van der Waals surface area contributed by atoms with Gasteiger partial charge in [-0.15, -0.1) is 0 Å². The number of aromatic hydroxyl groups is 2. The van der Waals surface area contributed by atoms with Crippen molar-refractivity contribution in [2.45, 2.75) is 0 Å². The van der Waals surface area contributed by atoms with Gasteiger partial charge >= 0.3 is 5.97 Å². The van der Waals surface area contributed by atoms with Crippen molar-refractivity contribution in [2.75, 3.05) is 0 Å². The van der Waals surface area contributed by atoms with Crippen LogP contribution in [0.25, 0.3) is 11.6 Å². The van der Waals surface area contributed by atoms with Gasteiger partial charge < -0.3 is 15.3 Å². The SMILES string of the molecule is O=C(O)/C(=C/c1ccccc1)c1cc(O)cc(O)c1. The van der Waals surface area contributed by atoms with Crippen LogP contribution < -0.4 is 0 Å². The fourth-order valence-corrected chi connectivity index (χ4v) is 1.74. The Morgan fingerprint density at radius 2 is 1.53 bits per heavy atom. The fourth-order valence-electron chi connectivity index (χ4n) is 1.74. The maximum absolute atomic E-state index is 11.3. The summed E-state index contributed by atoms with van der Waals surface area (Å²) in [5.41, 5.74) is 0.967. The van der Waals surface area contributed by atoms with Gasteiger partial charge in [-0.3, -0.25) is 0 Å². The van der Waals surface area contributed by atoms with Gasteiger partial charge in [-0.05, 0) is 29.3 Å². The molecule has 4 heteroatoms. The maximum atomic E-state index is 11.3. The summed E-state index contributed by atoms with van der Waals surface area (Å²) >= 11 is 0. The first-order valence-electron chi connectivity index (χ1n) is 5.60. The average Bonchev–Trinajstić information content (AvgIpc) is 2.35. The minimum absolute atomic E-state index is 0.00241. The first-order chi connectivity index (χ1) is 9.06. The highest BCUT2D eigenvalue weighted by atomic mass is 16.4. The third-order valence-electron chi connectivity index (χ3n) is 2.55. The van der Waals surface area contributed by atoms with E-state index in [0.717, 1.165) is 11.6 Å². The van der Waals surface area contributed by atoms with Gasteiger partial charge in [0.1, 0.15) is 11.5 Å². The summed E-state index contributed by atoms with van der Waals surface area (Å²) in [6, 6.07) is 12.7. The van der Waals surface area contributed by atoms with E-state index >= 15 is 0 Å². The van der Waals surface area contributed by atoms with Crippen molar-refractivity contribution < 1.29 is 20.1 Å². The lowest BCUT2D eigenvalue weighted by atomic mass is 10.0. The Kier molecular flexibility index (Phi) is 3.52. The standard InChI is InChI=1S/C15H12O4/c16-12-7-11(8-13(17)9-12)14(15(18)19)6-10-4-2-1-3-5-10/h1-9,16-17H,(H,18,19)/b14-6+. The molecule has 0 heterocycles. The minimum atomic E-state index is -1.13. The van der Waals surface area contributed by atoms with E-state index in [4.69, 9.17) is 0 Å². The number of hydrogen-bond donors (Lipinski definition) is 3. The molecule has 0 amide bonds. The van der Waals surface area contributed by atoms with Crippen LogP contribution in [0.15, 0.2) is 48.5 Å². The van der Waals surface area contributed by atoms with E-state index < -0.39 is 5.97 Å². The number of aliphatic carboxylic acids is 1. The Labute approximate surface area is 109 Å². The van der Waals surface area contributed by atoms with Crippen LogP contribution in [-0.4, -0.2) is 21.3 Å². The van der Waals surface area contributed by atoms with Gasteiger partial charge in [-0.25, -0.2) is 4.79 Å². The molecule has 4 nitrogen and oxygen atoms in total.